The number of nitrogens with zero attached hydrogens (tertiary/aromatic N) is 4. The summed E-state index contributed by atoms with van der Waals surface area (Å²) in [5.74, 6) is 0.428. The van der Waals surface area contributed by atoms with E-state index in [0.717, 1.165) is 22.2 Å². The highest BCUT2D eigenvalue weighted by Gasteiger charge is 2.26. The molecule has 1 aliphatic rings. The molecule has 0 bridgehead atoms. The number of aryl methyl sites for hydroxylation is 1. The van der Waals surface area contributed by atoms with Gasteiger partial charge in [-0.3, -0.25) is 4.98 Å². The van der Waals surface area contributed by atoms with Gasteiger partial charge in [-0.25, -0.2) is 9.51 Å². The van der Waals surface area contributed by atoms with Crippen LogP contribution in [0.5, 0.6) is 5.75 Å². The zero-order valence-electron chi connectivity index (χ0n) is 19.7. The zero-order chi connectivity index (χ0) is 25.2. The van der Waals surface area contributed by atoms with Crippen molar-refractivity contribution in [3.05, 3.63) is 71.3 Å². The highest BCUT2D eigenvalue weighted by atomic mass is 35.5. The highest BCUT2D eigenvalue weighted by molar-refractivity contribution is 6.33. The molecule has 10 heteroatoms. The van der Waals surface area contributed by atoms with Crippen LogP contribution in [0.15, 0.2) is 60.1 Å². The highest BCUT2D eigenvalue weighted by Crippen LogP contribution is 2.33. The second-order valence-corrected chi connectivity index (χ2v) is 9.10. The van der Waals surface area contributed by atoms with Crippen LogP contribution in [0.2, 0.25) is 5.02 Å². The lowest BCUT2D eigenvalue weighted by atomic mass is 10.1. The number of phenolic OH excluding ortho intramolecular Hbond substituents is 1. The van der Waals surface area contributed by atoms with E-state index in [0.29, 0.717) is 48.0 Å². The summed E-state index contributed by atoms with van der Waals surface area (Å²) >= 11 is 6.42. The summed E-state index contributed by atoms with van der Waals surface area (Å²) in [5, 5.41) is 29.0. The minimum atomic E-state index is -0.580. The fourth-order valence-electron chi connectivity index (χ4n) is 4.34. The van der Waals surface area contributed by atoms with Crippen LogP contribution in [0, 0.1) is 0 Å². The van der Waals surface area contributed by atoms with E-state index in [9.17, 15) is 10.2 Å². The van der Waals surface area contributed by atoms with Gasteiger partial charge >= 0.3 is 0 Å². The number of nitrogens with one attached hydrogen (secondary N) is 1. The summed E-state index contributed by atoms with van der Waals surface area (Å²) in [5.41, 5.74) is 11.7. The average Bonchev–Trinajstić information content (AvgIpc) is 3.31. The third-order valence-electron chi connectivity index (χ3n) is 6.33. The van der Waals surface area contributed by atoms with E-state index in [-0.39, 0.29) is 17.6 Å². The van der Waals surface area contributed by atoms with Gasteiger partial charge in [0, 0.05) is 36.3 Å². The summed E-state index contributed by atoms with van der Waals surface area (Å²) in [6.45, 7) is 2.85. The van der Waals surface area contributed by atoms with Crippen LogP contribution in [0.1, 0.15) is 24.5 Å². The van der Waals surface area contributed by atoms with Crippen molar-refractivity contribution in [2.75, 3.05) is 18.5 Å². The number of pyridine rings is 1. The maximum absolute atomic E-state index is 10.6. The van der Waals surface area contributed by atoms with Crippen molar-refractivity contribution < 1.29 is 14.9 Å². The van der Waals surface area contributed by atoms with Gasteiger partial charge in [-0.05, 0) is 48.7 Å². The molecule has 1 saturated heterocycles. The van der Waals surface area contributed by atoms with E-state index in [2.05, 4.69) is 20.4 Å². The Morgan fingerprint density at radius 3 is 2.94 bits per heavy atom. The molecule has 1 aromatic carbocycles. The Morgan fingerprint density at radius 1 is 1.31 bits per heavy atom. The Bertz CT molecular complexity index is 1440. The predicted molar refractivity (Wildman–Crippen MR) is 140 cm³/mol. The third-order valence-corrected chi connectivity index (χ3v) is 6.66. The van der Waals surface area contributed by atoms with Gasteiger partial charge in [0.15, 0.2) is 0 Å². The molecule has 4 heterocycles. The maximum atomic E-state index is 10.6. The van der Waals surface area contributed by atoms with E-state index in [1.807, 2.05) is 19.2 Å². The topological polar surface area (TPSA) is 130 Å². The van der Waals surface area contributed by atoms with Gasteiger partial charge in [0.1, 0.15) is 11.6 Å². The number of aromatic nitrogens is 3. The normalized spacial score (nSPS) is 18.5. The molecule has 1 fully saturated rings. The number of rotatable bonds is 6. The lowest BCUT2D eigenvalue weighted by Crippen LogP contribution is -2.42. The van der Waals surface area contributed by atoms with Crippen molar-refractivity contribution >= 4 is 34.3 Å². The number of aliphatic imine (C=N–C) groups is 1. The number of fused-ring (bicyclic) bond motifs is 1. The first-order valence-corrected chi connectivity index (χ1v) is 12.1. The number of benzene rings is 1. The smallest absolute Gasteiger partial charge is 0.135 e. The fourth-order valence-corrected chi connectivity index (χ4v) is 4.56. The molecule has 9 nitrogen and oxygen atoms in total. The Kier molecular flexibility index (Phi) is 6.77. The second kappa shape index (κ2) is 10.1. The number of hydrogen-bond donors (Lipinski definition) is 4. The quantitative estimate of drug-likeness (QED) is 0.230. The van der Waals surface area contributed by atoms with Crippen LogP contribution in [0.3, 0.4) is 0 Å². The third kappa shape index (κ3) is 4.73. The van der Waals surface area contributed by atoms with Gasteiger partial charge in [0.05, 0.1) is 52.4 Å². The summed E-state index contributed by atoms with van der Waals surface area (Å²) in [7, 11) is 0. The Labute approximate surface area is 213 Å². The molecule has 0 aliphatic carbocycles. The number of halogens is 1. The van der Waals surface area contributed by atoms with Crippen molar-refractivity contribution in [3.63, 3.8) is 0 Å². The molecule has 0 spiro atoms. The molecule has 3 aromatic heterocycles. The maximum Gasteiger partial charge on any atom is 0.135 e. The minimum Gasteiger partial charge on any atom is -0.508 e. The second-order valence-electron chi connectivity index (χ2n) is 8.69. The van der Waals surface area contributed by atoms with Crippen molar-refractivity contribution in [3.8, 4) is 16.9 Å². The zero-order valence-corrected chi connectivity index (χ0v) is 20.5. The Balaban J connectivity index is 1.64. The molecular formula is C26H27ClN6O3. The van der Waals surface area contributed by atoms with E-state index in [1.165, 1.54) is 0 Å². The summed E-state index contributed by atoms with van der Waals surface area (Å²) in [6, 6.07) is 8.34. The Hall–Kier alpha value is -3.66. The van der Waals surface area contributed by atoms with E-state index in [4.69, 9.17) is 22.1 Å². The van der Waals surface area contributed by atoms with Crippen LogP contribution >= 0.6 is 11.6 Å². The Morgan fingerprint density at radius 2 is 2.17 bits per heavy atom. The number of amidine groups is 1. The number of hydrogen-bond acceptors (Lipinski definition) is 7. The molecule has 5 N–H and O–H groups in total. The van der Waals surface area contributed by atoms with Gasteiger partial charge in [0.25, 0.3) is 0 Å². The average molecular weight is 507 g/mol. The minimum absolute atomic E-state index is 0.177. The van der Waals surface area contributed by atoms with Crippen LogP contribution < -0.4 is 11.1 Å². The van der Waals surface area contributed by atoms with E-state index >= 15 is 0 Å². The monoisotopic (exact) mass is 506 g/mol. The molecule has 0 amide bonds. The van der Waals surface area contributed by atoms with Crippen LogP contribution in [-0.2, 0) is 11.2 Å². The summed E-state index contributed by atoms with van der Waals surface area (Å²) < 4.78 is 7.34. The molecule has 4 aromatic rings. The molecule has 186 valence electrons. The fraction of sp³-hybridized carbons (Fsp3) is 0.269. The van der Waals surface area contributed by atoms with Crippen LogP contribution in [-0.4, -0.2) is 56.0 Å². The van der Waals surface area contributed by atoms with Crippen LogP contribution in [0.4, 0.5) is 11.4 Å². The number of aliphatic hydroxyl groups is 1. The van der Waals surface area contributed by atoms with Gasteiger partial charge in [-0.2, -0.15) is 5.10 Å². The van der Waals surface area contributed by atoms with E-state index < -0.39 is 6.10 Å². The first-order chi connectivity index (χ1) is 17.4. The predicted octanol–water partition coefficient (Wildman–Crippen LogP) is 3.92. The van der Waals surface area contributed by atoms with Crippen LogP contribution in [0.25, 0.3) is 16.6 Å². The lowest BCUT2D eigenvalue weighted by molar-refractivity contribution is 0.00318. The lowest BCUT2D eigenvalue weighted by Gasteiger charge is -2.30. The summed E-state index contributed by atoms with van der Waals surface area (Å²) in [4.78, 5) is 8.87. The van der Waals surface area contributed by atoms with Gasteiger partial charge in [-0.15, -0.1) is 0 Å². The van der Waals surface area contributed by atoms with Crippen molar-refractivity contribution in [1.82, 2.24) is 14.6 Å². The van der Waals surface area contributed by atoms with Crippen molar-refractivity contribution in [2.45, 2.75) is 31.9 Å². The molecule has 1 aliphatic heterocycles. The SMILES string of the molecule is CCc1cc(O)ccc1/N=C(\N)c1cnn2cc(-c3cnccc3Cl)cc2c1N[C@H]1COCC[C@@H]1O. The number of anilines is 1. The molecule has 5 rings (SSSR count). The summed E-state index contributed by atoms with van der Waals surface area (Å²) in [6.07, 6.45) is 7.49. The molecule has 2 atom stereocenters. The number of nitrogens with two attached hydrogens (primary N) is 1. The number of aliphatic hydroxyl groups excluding tert-OH is 1. The standard InChI is InChI=1S/C26H27ClN6O3/c1-2-15-9-17(34)3-4-21(15)32-26(28)19-12-30-33-13-16(18-11-29-7-5-20(18)27)10-23(33)25(19)31-22-14-36-8-6-24(22)35/h3-5,7,9-13,22,24,31,34-35H,2,6,8,14H2,1H3,(H2,28,32)/t22-,24-/m0/s1. The first kappa shape index (κ1) is 24.1. The number of ether oxygens (including phenoxy) is 1. The van der Waals surface area contributed by atoms with Crippen molar-refractivity contribution in [1.29, 1.82) is 0 Å². The van der Waals surface area contributed by atoms with Gasteiger partial charge in [-0.1, -0.05) is 18.5 Å². The first-order valence-electron chi connectivity index (χ1n) is 11.7. The molecule has 36 heavy (non-hydrogen) atoms. The number of aromatic hydroxyl groups is 1. The van der Waals surface area contributed by atoms with Crippen molar-refractivity contribution in [2.24, 2.45) is 10.7 Å². The van der Waals surface area contributed by atoms with Gasteiger partial charge in [0.2, 0.25) is 0 Å². The molecule has 0 saturated carbocycles. The number of phenols is 1. The molecule has 0 radical (unpaired) electrons. The van der Waals surface area contributed by atoms with E-state index in [1.54, 1.807) is 47.4 Å². The molecular weight excluding hydrogens is 480 g/mol. The molecule has 0 unspecified atom stereocenters. The van der Waals surface area contributed by atoms with Gasteiger partial charge < -0.3 is 26.0 Å². The largest absolute Gasteiger partial charge is 0.508 e.